The molecule has 3 nitrogen and oxygen atoms in total. The van der Waals surface area contributed by atoms with E-state index in [4.69, 9.17) is 11.6 Å². The molecule has 0 bridgehead atoms. The van der Waals surface area contributed by atoms with Crippen molar-refractivity contribution in [1.82, 2.24) is 9.78 Å². The lowest BCUT2D eigenvalue weighted by Gasteiger charge is -2.26. The van der Waals surface area contributed by atoms with Crippen molar-refractivity contribution in [3.05, 3.63) is 16.4 Å². The summed E-state index contributed by atoms with van der Waals surface area (Å²) in [5.41, 5.74) is 1.87. The quantitative estimate of drug-likeness (QED) is 0.838. The van der Waals surface area contributed by atoms with Crippen molar-refractivity contribution in [2.45, 2.75) is 47.5 Å². The molecule has 1 unspecified atom stereocenters. The summed E-state index contributed by atoms with van der Waals surface area (Å²) in [6.07, 6.45) is 0.979. The van der Waals surface area contributed by atoms with E-state index in [1.807, 2.05) is 6.92 Å². The summed E-state index contributed by atoms with van der Waals surface area (Å²) in [5, 5.41) is 4.80. The average molecular weight is 271 g/mol. The number of ketones is 1. The van der Waals surface area contributed by atoms with Crippen molar-refractivity contribution < 1.29 is 4.79 Å². The predicted molar refractivity (Wildman–Crippen MR) is 74.9 cm³/mol. The van der Waals surface area contributed by atoms with Crippen molar-refractivity contribution >= 4 is 17.4 Å². The summed E-state index contributed by atoms with van der Waals surface area (Å²) in [5.74, 6) is 0.594. The van der Waals surface area contributed by atoms with E-state index in [2.05, 4.69) is 32.8 Å². The molecule has 1 atom stereocenters. The molecule has 0 aliphatic rings. The van der Waals surface area contributed by atoms with Gasteiger partial charge in [-0.3, -0.25) is 9.48 Å². The standard InChI is InChI=1S/C14H23ClN2O/c1-9(14(3,4)5)7-11(18)8-12-10(2)16-17(6)13(12)15/h9H,7-8H2,1-6H3. The largest absolute Gasteiger partial charge is 0.299 e. The smallest absolute Gasteiger partial charge is 0.137 e. The van der Waals surface area contributed by atoms with Gasteiger partial charge in [0, 0.05) is 25.5 Å². The van der Waals surface area contributed by atoms with Crippen molar-refractivity contribution in [2.75, 3.05) is 0 Å². The molecule has 0 spiro atoms. The first kappa shape index (κ1) is 15.2. The number of carbonyl (C=O) groups is 1. The minimum Gasteiger partial charge on any atom is -0.299 e. The molecule has 0 N–H and O–H groups in total. The van der Waals surface area contributed by atoms with Gasteiger partial charge < -0.3 is 0 Å². The van der Waals surface area contributed by atoms with Crippen molar-refractivity contribution in [2.24, 2.45) is 18.4 Å². The van der Waals surface area contributed by atoms with Crippen LogP contribution in [0, 0.1) is 18.3 Å². The van der Waals surface area contributed by atoms with Gasteiger partial charge in [-0.25, -0.2) is 0 Å². The third-order valence-electron chi connectivity index (χ3n) is 3.66. The second-order valence-electron chi connectivity index (χ2n) is 6.17. The van der Waals surface area contributed by atoms with E-state index in [0.717, 1.165) is 11.3 Å². The van der Waals surface area contributed by atoms with Crippen LogP contribution in [0.15, 0.2) is 0 Å². The summed E-state index contributed by atoms with van der Waals surface area (Å²) in [4.78, 5) is 12.1. The molecule has 1 rings (SSSR count). The maximum absolute atomic E-state index is 12.1. The Morgan fingerprint density at radius 3 is 2.39 bits per heavy atom. The molecular weight excluding hydrogens is 248 g/mol. The molecule has 1 heterocycles. The first-order chi connectivity index (χ1) is 8.12. The molecule has 1 aromatic rings. The first-order valence-corrected chi connectivity index (χ1v) is 6.70. The number of carbonyl (C=O) groups excluding carboxylic acids is 1. The zero-order valence-electron chi connectivity index (χ0n) is 12.2. The molecule has 4 heteroatoms. The minimum atomic E-state index is 0.156. The van der Waals surface area contributed by atoms with E-state index in [0.29, 0.717) is 23.9 Å². The van der Waals surface area contributed by atoms with Crippen LogP contribution in [0.2, 0.25) is 5.15 Å². The van der Waals surface area contributed by atoms with Crippen LogP contribution in [0.3, 0.4) is 0 Å². The molecule has 0 saturated carbocycles. The molecule has 0 radical (unpaired) electrons. The Morgan fingerprint density at radius 1 is 1.44 bits per heavy atom. The Hall–Kier alpha value is -0.830. The maximum Gasteiger partial charge on any atom is 0.137 e. The third-order valence-corrected chi connectivity index (χ3v) is 4.13. The second kappa shape index (κ2) is 5.43. The van der Waals surface area contributed by atoms with E-state index in [-0.39, 0.29) is 11.2 Å². The highest BCUT2D eigenvalue weighted by atomic mass is 35.5. The van der Waals surface area contributed by atoms with Gasteiger partial charge in [-0.2, -0.15) is 5.10 Å². The number of hydrogen-bond acceptors (Lipinski definition) is 2. The van der Waals surface area contributed by atoms with Crippen LogP contribution < -0.4 is 0 Å². The number of rotatable bonds is 4. The topological polar surface area (TPSA) is 34.9 Å². The fraction of sp³-hybridized carbons (Fsp3) is 0.714. The SMILES string of the molecule is Cc1nn(C)c(Cl)c1CC(=O)CC(C)C(C)(C)C. The van der Waals surface area contributed by atoms with E-state index < -0.39 is 0 Å². The van der Waals surface area contributed by atoms with Gasteiger partial charge >= 0.3 is 0 Å². The summed E-state index contributed by atoms with van der Waals surface area (Å²) < 4.78 is 1.62. The maximum atomic E-state index is 12.1. The summed E-state index contributed by atoms with van der Waals surface area (Å²) in [7, 11) is 1.79. The van der Waals surface area contributed by atoms with Crippen molar-refractivity contribution in [3.8, 4) is 0 Å². The zero-order valence-corrected chi connectivity index (χ0v) is 12.9. The van der Waals surface area contributed by atoms with E-state index in [9.17, 15) is 4.79 Å². The lowest BCUT2D eigenvalue weighted by molar-refractivity contribution is -0.120. The van der Waals surface area contributed by atoms with Crippen LogP contribution in [0.1, 0.15) is 45.4 Å². The molecule has 18 heavy (non-hydrogen) atoms. The van der Waals surface area contributed by atoms with Gasteiger partial charge in [0.15, 0.2) is 0 Å². The minimum absolute atomic E-state index is 0.156. The van der Waals surface area contributed by atoms with Gasteiger partial charge in [0.1, 0.15) is 10.9 Å². The highest BCUT2D eigenvalue weighted by molar-refractivity contribution is 6.30. The lowest BCUT2D eigenvalue weighted by atomic mass is 9.79. The highest BCUT2D eigenvalue weighted by Crippen LogP contribution is 2.29. The Morgan fingerprint density at radius 2 is 2.00 bits per heavy atom. The fourth-order valence-corrected chi connectivity index (χ4v) is 2.03. The number of aromatic nitrogens is 2. The summed E-state index contributed by atoms with van der Waals surface area (Å²) in [6, 6.07) is 0. The van der Waals surface area contributed by atoms with Crippen molar-refractivity contribution in [1.29, 1.82) is 0 Å². The zero-order chi connectivity index (χ0) is 14.1. The summed E-state index contributed by atoms with van der Waals surface area (Å²) >= 11 is 6.13. The van der Waals surface area contributed by atoms with Gasteiger partial charge in [-0.15, -0.1) is 0 Å². The number of halogens is 1. The Kier molecular flexibility index (Phi) is 4.60. The molecular formula is C14H23ClN2O. The van der Waals surface area contributed by atoms with Crippen LogP contribution in [-0.2, 0) is 18.3 Å². The predicted octanol–water partition coefficient (Wildman–Crippen LogP) is 3.57. The van der Waals surface area contributed by atoms with E-state index in [1.54, 1.807) is 11.7 Å². The third kappa shape index (κ3) is 3.58. The van der Waals surface area contributed by atoms with Gasteiger partial charge in [0.05, 0.1) is 5.69 Å². The number of Topliss-reactive ketones (excluding diaryl/α,β-unsaturated/α-hetero) is 1. The number of hydrogen-bond donors (Lipinski definition) is 0. The van der Waals surface area contributed by atoms with Crippen molar-refractivity contribution in [3.63, 3.8) is 0 Å². The molecule has 0 aliphatic heterocycles. The van der Waals surface area contributed by atoms with Crippen LogP contribution in [-0.4, -0.2) is 15.6 Å². The number of nitrogens with zero attached hydrogens (tertiary/aromatic N) is 2. The van der Waals surface area contributed by atoms with Crippen LogP contribution >= 0.6 is 11.6 Å². The molecule has 1 aromatic heterocycles. The molecule has 0 fully saturated rings. The van der Waals surface area contributed by atoms with Gasteiger partial charge in [0.25, 0.3) is 0 Å². The lowest BCUT2D eigenvalue weighted by Crippen LogP contribution is -2.21. The average Bonchev–Trinajstić information content (AvgIpc) is 2.43. The normalized spacial score (nSPS) is 13.7. The van der Waals surface area contributed by atoms with Crippen LogP contribution in [0.5, 0.6) is 0 Å². The van der Waals surface area contributed by atoms with E-state index >= 15 is 0 Å². The second-order valence-corrected chi connectivity index (χ2v) is 6.52. The van der Waals surface area contributed by atoms with Gasteiger partial charge in [-0.05, 0) is 18.3 Å². The van der Waals surface area contributed by atoms with Gasteiger partial charge in [0.2, 0.25) is 0 Å². The first-order valence-electron chi connectivity index (χ1n) is 6.32. The summed E-state index contributed by atoms with van der Waals surface area (Å²) in [6.45, 7) is 10.5. The monoisotopic (exact) mass is 270 g/mol. The van der Waals surface area contributed by atoms with E-state index in [1.165, 1.54) is 0 Å². The highest BCUT2D eigenvalue weighted by Gasteiger charge is 2.23. The fourth-order valence-electron chi connectivity index (χ4n) is 1.79. The van der Waals surface area contributed by atoms with Crippen LogP contribution in [0.25, 0.3) is 0 Å². The molecule has 0 saturated heterocycles. The number of aryl methyl sites for hydroxylation is 2. The molecule has 102 valence electrons. The Bertz CT molecular complexity index is 443. The molecule has 0 aliphatic carbocycles. The molecule has 0 amide bonds. The Labute approximate surface area is 115 Å². The Balaban J connectivity index is 2.71. The van der Waals surface area contributed by atoms with Gasteiger partial charge in [-0.1, -0.05) is 39.3 Å². The van der Waals surface area contributed by atoms with Crippen LogP contribution in [0.4, 0.5) is 0 Å². The molecule has 0 aromatic carbocycles.